The number of ether oxygens (including phenoxy) is 2. The van der Waals surface area contributed by atoms with Crippen molar-refractivity contribution in [1.29, 1.82) is 0 Å². The molecule has 1 N–H and O–H groups in total. The molecule has 0 bridgehead atoms. The molecule has 0 fully saturated rings. The highest BCUT2D eigenvalue weighted by Crippen LogP contribution is 2.34. The van der Waals surface area contributed by atoms with Gasteiger partial charge in [-0.25, -0.2) is 0 Å². The lowest BCUT2D eigenvalue weighted by atomic mass is 10.1. The lowest BCUT2D eigenvalue weighted by molar-refractivity contribution is 0.174. The smallest absolute Gasteiger partial charge is 0.231 e. The summed E-state index contributed by atoms with van der Waals surface area (Å²) in [5.74, 6) is 1.71. The molecule has 1 aliphatic rings. The molecule has 1 heterocycles. The van der Waals surface area contributed by atoms with E-state index in [4.69, 9.17) is 9.47 Å². The number of hydrogen-bond acceptors (Lipinski definition) is 4. The van der Waals surface area contributed by atoms with Crippen molar-refractivity contribution in [2.45, 2.75) is 26.3 Å². The van der Waals surface area contributed by atoms with Gasteiger partial charge in [0.1, 0.15) is 0 Å². The summed E-state index contributed by atoms with van der Waals surface area (Å²) in [7, 11) is 2.15. The van der Waals surface area contributed by atoms with Gasteiger partial charge in [0.15, 0.2) is 11.5 Å². The second-order valence-electron chi connectivity index (χ2n) is 4.97. The van der Waals surface area contributed by atoms with Crippen LogP contribution >= 0.6 is 0 Å². The Kier molecular flexibility index (Phi) is 5.05. The topological polar surface area (TPSA) is 33.7 Å². The van der Waals surface area contributed by atoms with Gasteiger partial charge in [0.2, 0.25) is 6.79 Å². The first-order chi connectivity index (χ1) is 9.24. The van der Waals surface area contributed by atoms with Crippen molar-refractivity contribution in [1.82, 2.24) is 10.2 Å². The highest BCUT2D eigenvalue weighted by Gasteiger charge is 2.18. The van der Waals surface area contributed by atoms with E-state index in [0.717, 1.165) is 37.6 Å². The summed E-state index contributed by atoms with van der Waals surface area (Å²) in [6.07, 6.45) is 1.14. The molecule has 1 aromatic rings. The van der Waals surface area contributed by atoms with E-state index in [1.165, 1.54) is 5.56 Å². The number of benzene rings is 1. The minimum Gasteiger partial charge on any atom is -0.454 e. The van der Waals surface area contributed by atoms with E-state index < -0.39 is 0 Å². The van der Waals surface area contributed by atoms with E-state index in [2.05, 4.69) is 43.2 Å². The number of rotatable bonds is 7. The summed E-state index contributed by atoms with van der Waals surface area (Å²) in [6, 6.07) is 6.56. The van der Waals surface area contributed by atoms with Gasteiger partial charge in [0.05, 0.1) is 0 Å². The van der Waals surface area contributed by atoms with Crippen LogP contribution in [-0.4, -0.2) is 38.4 Å². The van der Waals surface area contributed by atoms with E-state index in [-0.39, 0.29) is 0 Å². The van der Waals surface area contributed by atoms with Gasteiger partial charge < -0.3 is 19.7 Å². The SMILES string of the molecule is CCCNC(CN(C)CC)c1ccc2c(c1)OCO2. The van der Waals surface area contributed by atoms with Gasteiger partial charge in [0, 0.05) is 12.6 Å². The third kappa shape index (κ3) is 3.61. The van der Waals surface area contributed by atoms with E-state index in [9.17, 15) is 0 Å². The molecule has 1 atom stereocenters. The number of nitrogens with one attached hydrogen (secondary N) is 1. The van der Waals surface area contributed by atoms with Crippen molar-refractivity contribution in [2.24, 2.45) is 0 Å². The summed E-state index contributed by atoms with van der Waals surface area (Å²) in [6.45, 7) is 7.77. The molecule has 0 aromatic heterocycles. The largest absolute Gasteiger partial charge is 0.454 e. The van der Waals surface area contributed by atoms with Crippen LogP contribution in [0.25, 0.3) is 0 Å². The van der Waals surface area contributed by atoms with Gasteiger partial charge in [0.25, 0.3) is 0 Å². The predicted octanol–water partition coefficient (Wildman–Crippen LogP) is 2.41. The number of hydrogen-bond donors (Lipinski definition) is 1. The molecule has 106 valence electrons. The normalized spacial score (nSPS) is 14.9. The Morgan fingerprint density at radius 1 is 1.26 bits per heavy atom. The standard InChI is InChI=1S/C15H24N2O2/c1-4-8-16-13(10-17(3)5-2)12-6-7-14-15(9-12)19-11-18-14/h6-7,9,13,16H,4-5,8,10-11H2,1-3H3. The zero-order valence-electron chi connectivity index (χ0n) is 12.1. The molecule has 19 heavy (non-hydrogen) atoms. The molecular formula is C15H24N2O2. The predicted molar refractivity (Wildman–Crippen MR) is 76.8 cm³/mol. The van der Waals surface area contributed by atoms with E-state index in [0.29, 0.717) is 12.8 Å². The van der Waals surface area contributed by atoms with Crippen molar-refractivity contribution < 1.29 is 9.47 Å². The monoisotopic (exact) mass is 264 g/mol. The first-order valence-corrected chi connectivity index (χ1v) is 7.06. The summed E-state index contributed by atoms with van der Waals surface area (Å²) in [5, 5.41) is 3.60. The van der Waals surface area contributed by atoms with Crippen LogP contribution < -0.4 is 14.8 Å². The van der Waals surface area contributed by atoms with Gasteiger partial charge in [-0.3, -0.25) is 0 Å². The highest BCUT2D eigenvalue weighted by atomic mass is 16.7. The fourth-order valence-electron chi connectivity index (χ4n) is 2.18. The van der Waals surface area contributed by atoms with E-state index in [1.54, 1.807) is 0 Å². The molecule has 0 radical (unpaired) electrons. The lowest BCUT2D eigenvalue weighted by Gasteiger charge is -2.24. The van der Waals surface area contributed by atoms with Crippen molar-refractivity contribution in [3.63, 3.8) is 0 Å². The molecular weight excluding hydrogens is 240 g/mol. The third-order valence-corrected chi connectivity index (χ3v) is 3.47. The summed E-state index contributed by atoms with van der Waals surface area (Å²) < 4.78 is 10.8. The summed E-state index contributed by atoms with van der Waals surface area (Å²) in [5.41, 5.74) is 1.26. The van der Waals surface area contributed by atoms with Gasteiger partial charge in [-0.05, 0) is 44.3 Å². The molecule has 0 aliphatic carbocycles. The molecule has 2 rings (SSSR count). The molecule has 4 heteroatoms. The van der Waals surface area contributed by atoms with E-state index in [1.807, 2.05) is 6.07 Å². The van der Waals surface area contributed by atoms with Crippen molar-refractivity contribution in [3.05, 3.63) is 23.8 Å². The first-order valence-electron chi connectivity index (χ1n) is 7.06. The van der Waals surface area contributed by atoms with Crippen LogP contribution in [0.15, 0.2) is 18.2 Å². The van der Waals surface area contributed by atoms with Crippen LogP contribution in [0.4, 0.5) is 0 Å². The molecule has 0 saturated carbocycles. The van der Waals surface area contributed by atoms with Crippen LogP contribution in [0, 0.1) is 0 Å². The highest BCUT2D eigenvalue weighted by molar-refractivity contribution is 5.45. The van der Waals surface area contributed by atoms with Crippen molar-refractivity contribution in [3.8, 4) is 11.5 Å². The molecule has 4 nitrogen and oxygen atoms in total. The first kappa shape index (κ1) is 14.2. The Bertz CT molecular complexity index is 409. The molecule has 1 unspecified atom stereocenters. The van der Waals surface area contributed by atoms with E-state index >= 15 is 0 Å². The van der Waals surface area contributed by atoms with Crippen LogP contribution in [-0.2, 0) is 0 Å². The number of nitrogens with zero attached hydrogens (tertiary/aromatic N) is 1. The number of fused-ring (bicyclic) bond motifs is 1. The second-order valence-corrected chi connectivity index (χ2v) is 4.97. The van der Waals surface area contributed by atoms with Crippen molar-refractivity contribution in [2.75, 3.05) is 33.5 Å². The third-order valence-electron chi connectivity index (χ3n) is 3.47. The zero-order chi connectivity index (χ0) is 13.7. The maximum atomic E-state index is 5.46. The van der Waals surface area contributed by atoms with Gasteiger partial charge in [-0.1, -0.05) is 19.9 Å². The van der Waals surface area contributed by atoms with Crippen molar-refractivity contribution >= 4 is 0 Å². The van der Waals surface area contributed by atoms with Crippen LogP contribution in [0.2, 0.25) is 0 Å². The Labute approximate surface area is 115 Å². The zero-order valence-corrected chi connectivity index (χ0v) is 12.1. The summed E-state index contributed by atoms with van der Waals surface area (Å²) >= 11 is 0. The average molecular weight is 264 g/mol. The maximum Gasteiger partial charge on any atom is 0.231 e. The Morgan fingerprint density at radius 2 is 2.05 bits per heavy atom. The molecule has 0 amide bonds. The quantitative estimate of drug-likeness (QED) is 0.820. The summed E-state index contributed by atoms with van der Waals surface area (Å²) in [4.78, 5) is 2.32. The van der Waals surface area contributed by atoms with Gasteiger partial charge >= 0.3 is 0 Å². The Morgan fingerprint density at radius 3 is 2.79 bits per heavy atom. The van der Waals surface area contributed by atoms with Gasteiger partial charge in [-0.15, -0.1) is 0 Å². The second kappa shape index (κ2) is 6.78. The molecule has 0 saturated heterocycles. The Hall–Kier alpha value is -1.26. The van der Waals surface area contributed by atoms with Gasteiger partial charge in [-0.2, -0.15) is 0 Å². The Balaban J connectivity index is 2.12. The molecule has 0 spiro atoms. The minimum absolute atomic E-state index is 0.333. The fraction of sp³-hybridized carbons (Fsp3) is 0.600. The van der Waals surface area contributed by atoms with Crippen LogP contribution in [0.3, 0.4) is 0 Å². The van der Waals surface area contributed by atoms with Crippen LogP contribution in [0.5, 0.6) is 11.5 Å². The average Bonchev–Trinajstić information content (AvgIpc) is 2.90. The minimum atomic E-state index is 0.333. The number of likely N-dealkylation sites (N-methyl/N-ethyl adjacent to an activating group) is 1. The lowest BCUT2D eigenvalue weighted by Crippen LogP contribution is -2.33. The maximum absolute atomic E-state index is 5.46. The molecule has 1 aromatic carbocycles. The fourth-order valence-corrected chi connectivity index (χ4v) is 2.18. The molecule has 1 aliphatic heterocycles. The van der Waals surface area contributed by atoms with Crippen LogP contribution in [0.1, 0.15) is 31.9 Å².